The van der Waals surface area contributed by atoms with Gasteiger partial charge in [-0.1, -0.05) is 6.07 Å². The minimum Gasteiger partial charge on any atom is -0.330 e. The Balaban J connectivity index is 0.00000256. The molecule has 1 rings (SSSR count). The van der Waals surface area contributed by atoms with Crippen LogP contribution in [-0.2, 0) is 6.18 Å². The van der Waals surface area contributed by atoms with Gasteiger partial charge in [0.1, 0.15) is 5.82 Å². The van der Waals surface area contributed by atoms with E-state index in [9.17, 15) is 17.6 Å². The van der Waals surface area contributed by atoms with Gasteiger partial charge in [-0.15, -0.1) is 12.4 Å². The summed E-state index contributed by atoms with van der Waals surface area (Å²) < 4.78 is 51.1. The Kier molecular flexibility index (Phi) is 5.87. The van der Waals surface area contributed by atoms with Crippen molar-refractivity contribution in [2.24, 2.45) is 11.5 Å². The maximum Gasteiger partial charge on any atom is 0.416 e. The largest absolute Gasteiger partial charge is 0.416 e. The summed E-state index contributed by atoms with van der Waals surface area (Å²) >= 11 is 0. The SMILES string of the molecule is Cl.NCC[C@H](N)c1c(F)cccc1C(F)(F)F. The molecule has 1 aromatic carbocycles. The third kappa shape index (κ3) is 3.83. The second kappa shape index (κ2) is 6.18. The number of hydrogen-bond acceptors (Lipinski definition) is 2. The van der Waals surface area contributed by atoms with Crippen LogP contribution >= 0.6 is 12.4 Å². The Bertz CT molecular complexity index is 368. The Morgan fingerprint density at radius 1 is 1.24 bits per heavy atom. The molecule has 0 spiro atoms. The van der Waals surface area contributed by atoms with Gasteiger partial charge in [-0.05, 0) is 25.1 Å². The second-order valence-corrected chi connectivity index (χ2v) is 3.38. The Labute approximate surface area is 102 Å². The first-order valence-corrected chi connectivity index (χ1v) is 4.69. The number of benzene rings is 1. The van der Waals surface area contributed by atoms with E-state index in [0.29, 0.717) is 0 Å². The average molecular weight is 273 g/mol. The van der Waals surface area contributed by atoms with E-state index in [4.69, 9.17) is 11.5 Å². The second-order valence-electron chi connectivity index (χ2n) is 3.38. The van der Waals surface area contributed by atoms with E-state index >= 15 is 0 Å². The summed E-state index contributed by atoms with van der Waals surface area (Å²) in [6.07, 6.45) is -4.51. The van der Waals surface area contributed by atoms with E-state index in [0.717, 1.165) is 18.2 Å². The lowest BCUT2D eigenvalue weighted by Crippen LogP contribution is -2.21. The fraction of sp³-hybridized carbons (Fsp3) is 0.400. The molecule has 98 valence electrons. The van der Waals surface area contributed by atoms with Crippen molar-refractivity contribution in [2.45, 2.75) is 18.6 Å². The van der Waals surface area contributed by atoms with Crippen molar-refractivity contribution in [3.63, 3.8) is 0 Å². The molecule has 0 radical (unpaired) electrons. The topological polar surface area (TPSA) is 52.0 Å². The van der Waals surface area contributed by atoms with Gasteiger partial charge in [0.05, 0.1) is 5.56 Å². The van der Waals surface area contributed by atoms with Crippen LogP contribution in [0.4, 0.5) is 17.6 Å². The van der Waals surface area contributed by atoms with E-state index in [1.165, 1.54) is 0 Å². The summed E-state index contributed by atoms with van der Waals surface area (Å²) in [6, 6.07) is 1.75. The van der Waals surface area contributed by atoms with Crippen molar-refractivity contribution in [1.82, 2.24) is 0 Å². The molecule has 0 heterocycles. The first kappa shape index (κ1) is 16.1. The van der Waals surface area contributed by atoms with E-state index in [2.05, 4.69) is 0 Å². The lowest BCUT2D eigenvalue weighted by Gasteiger charge is -2.18. The molecule has 0 unspecified atom stereocenters. The molecule has 0 fully saturated rings. The molecule has 0 aromatic heterocycles. The molecule has 0 amide bonds. The summed E-state index contributed by atoms with van der Waals surface area (Å²) in [4.78, 5) is 0. The van der Waals surface area contributed by atoms with Gasteiger partial charge in [0.15, 0.2) is 0 Å². The summed E-state index contributed by atoms with van der Waals surface area (Å²) in [5.41, 5.74) is 9.13. The zero-order valence-corrected chi connectivity index (χ0v) is 9.61. The molecule has 2 nitrogen and oxygen atoms in total. The average Bonchev–Trinajstić information content (AvgIpc) is 2.16. The zero-order chi connectivity index (χ0) is 12.3. The molecule has 1 atom stereocenters. The monoisotopic (exact) mass is 272 g/mol. The molecule has 0 saturated carbocycles. The summed E-state index contributed by atoms with van der Waals surface area (Å²) in [6.45, 7) is 0.104. The molecule has 0 aliphatic heterocycles. The van der Waals surface area contributed by atoms with Crippen molar-refractivity contribution in [1.29, 1.82) is 0 Å². The number of rotatable bonds is 3. The van der Waals surface area contributed by atoms with Crippen LogP contribution in [0.2, 0.25) is 0 Å². The van der Waals surface area contributed by atoms with Crippen LogP contribution in [0.25, 0.3) is 0 Å². The minimum absolute atomic E-state index is 0. The molecule has 4 N–H and O–H groups in total. The van der Waals surface area contributed by atoms with Gasteiger partial charge in [-0.2, -0.15) is 13.2 Å². The predicted octanol–water partition coefficient (Wildman–Crippen LogP) is 2.61. The fourth-order valence-corrected chi connectivity index (χ4v) is 1.48. The lowest BCUT2D eigenvalue weighted by molar-refractivity contribution is -0.138. The van der Waals surface area contributed by atoms with Crippen LogP contribution in [-0.4, -0.2) is 6.54 Å². The van der Waals surface area contributed by atoms with E-state index < -0.39 is 29.2 Å². The predicted molar refractivity (Wildman–Crippen MR) is 59.2 cm³/mol. The Morgan fingerprint density at radius 3 is 2.29 bits per heavy atom. The summed E-state index contributed by atoms with van der Waals surface area (Å²) in [7, 11) is 0. The highest BCUT2D eigenvalue weighted by atomic mass is 35.5. The quantitative estimate of drug-likeness (QED) is 0.831. The molecule has 7 heteroatoms. The van der Waals surface area contributed by atoms with Gasteiger partial charge in [0.2, 0.25) is 0 Å². The van der Waals surface area contributed by atoms with E-state index in [1.807, 2.05) is 0 Å². The van der Waals surface area contributed by atoms with Gasteiger partial charge >= 0.3 is 6.18 Å². The third-order valence-corrected chi connectivity index (χ3v) is 2.21. The molecule has 0 saturated heterocycles. The lowest BCUT2D eigenvalue weighted by atomic mass is 9.97. The molecule has 17 heavy (non-hydrogen) atoms. The minimum atomic E-state index is -4.61. The van der Waals surface area contributed by atoms with E-state index in [1.54, 1.807) is 0 Å². The maximum absolute atomic E-state index is 13.3. The molecular formula is C10H13ClF4N2. The molecule has 0 aliphatic carbocycles. The Morgan fingerprint density at radius 2 is 1.82 bits per heavy atom. The van der Waals surface area contributed by atoms with Gasteiger partial charge in [-0.25, -0.2) is 4.39 Å². The van der Waals surface area contributed by atoms with Gasteiger partial charge < -0.3 is 11.5 Å². The van der Waals surface area contributed by atoms with Crippen LogP contribution in [0.5, 0.6) is 0 Å². The van der Waals surface area contributed by atoms with Crippen molar-refractivity contribution in [2.75, 3.05) is 6.54 Å². The number of hydrogen-bond donors (Lipinski definition) is 2. The van der Waals surface area contributed by atoms with Crippen LogP contribution in [0.15, 0.2) is 18.2 Å². The third-order valence-electron chi connectivity index (χ3n) is 2.21. The molecule has 0 aliphatic rings. The van der Waals surface area contributed by atoms with Crippen molar-refractivity contribution in [3.8, 4) is 0 Å². The normalized spacial score (nSPS) is 13.1. The maximum atomic E-state index is 13.3. The first-order valence-electron chi connectivity index (χ1n) is 4.69. The van der Waals surface area contributed by atoms with Gasteiger partial charge in [0, 0.05) is 11.6 Å². The van der Waals surface area contributed by atoms with Crippen molar-refractivity contribution in [3.05, 3.63) is 35.1 Å². The fourth-order valence-electron chi connectivity index (χ4n) is 1.48. The highest BCUT2D eigenvalue weighted by Gasteiger charge is 2.35. The smallest absolute Gasteiger partial charge is 0.330 e. The number of nitrogens with two attached hydrogens (primary N) is 2. The number of halogens is 5. The summed E-state index contributed by atoms with van der Waals surface area (Å²) in [5, 5.41) is 0. The van der Waals surface area contributed by atoms with Crippen molar-refractivity contribution < 1.29 is 17.6 Å². The summed E-state index contributed by atoms with van der Waals surface area (Å²) in [5.74, 6) is -0.948. The van der Waals surface area contributed by atoms with Crippen LogP contribution < -0.4 is 11.5 Å². The van der Waals surface area contributed by atoms with Crippen LogP contribution in [0, 0.1) is 5.82 Å². The molecular weight excluding hydrogens is 260 g/mol. The highest BCUT2D eigenvalue weighted by Crippen LogP contribution is 2.35. The molecule has 0 bridgehead atoms. The Hall–Kier alpha value is -0.850. The molecule has 1 aromatic rings. The standard InChI is InChI=1S/C10H12F4N2.ClH/c11-7-3-1-2-6(10(12,13)14)9(7)8(16)4-5-15;/h1-3,8H,4-5,15-16H2;1H/t8-;/m0./s1. The zero-order valence-electron chi connectivity index (χ0n) is 8.80. The van der Waals surface area contributed by atoms with Gasteiger partial charge in [-0.3, -0.25) is 0 Å². The number of alkyl halides is 3. The van der Waals surface area contributed by atoms with Crippen LogP contribution in [0.3, 0.4) is 0 Å². The van der Waals surface area contributed by atoms with Gasteiger partial charge in [0.25, 0.3) is 0 Å². The van der Waals surface area contributed by atoms with Crippen LogP contribution in [0.1, 0.15) is 23.6 Å². The van der Waals surface area contributed by atoms with E-state index in [-0.39, 0.29) is 25.4 Å². The highest BCUT2D eigenvalue weighted by molar-refractivity contribution is 5.85. The first-order chi connectivity index (χ1) is 7.38. The van der Waals surface area contributed by atoms with Crippen molar-refractivity contribution >= 4 is 12.4 Å².